The number of hydrogen-bond acceptors (Lipinski definition) is 5. The van der Waals surface area contributed by atoms with Crippen LogP contribution in [0.5, 0.6) is 0 Å². The van der Waals surface area contributed by atoms with Gasteiger partial charge in [-0.1, -0.05) is 35.0 Å². The second-order valence-corrected chi connectivity index (χ2v) is 9.60. The monoisotopic (exact) mass is 585 g/mol. The molecule has 4 nitrogen and oxygen atoms in total. The van der Waals surface area contributed by atoms with Crippen molar-refractivity contribution in [2.75, 3.05) is 0 Å². The van der Waals surface area contributed by atoms with E-state index in [-0.39, 0.29) is 34.7 Å². The van der Waals surface area contributed by atoms with Crippen molar-refractivity contribution in [2.45, 2.75) is 25.1 Å². The lowest BCUT2D eigenvalue weighted by molar-refractivity contribution is -0.143. The van der Waals surface area contributed by atoms with Crippen LogP contribution in [0.4, 0.5) is 30.7 Å². The standard InChI is InChI=1S/C26H15ClF7N3OS/c27-22-20(18(5-7-35-22)19-3-1-2-4-21(19)28)12-37-23(14-6-8-39-13-14)36-38-24(37)15-9-16(25(29,30)31)11-17(10-15)26(32,33)34/h1-11,13,24H,12H2. The van der Waals surface area contributed by atoms with Crippen molar-refractivity contribution < 1.29 is 35.6 Å². The van der Waals surface area contributed by atoms with Crippen LogP contribution in [0, 0.1) is 5.82 Å². The first-order valence-corrected chi connectivity index (χ1v) is 12.5. The van der Waals surface area contributed by atoms with Crippen molar-refractivity contribution in [1.82, 2.24) is 9.88 Å². The maximum atomic E-state index is 14.7. The number of alkyl halides is 6. The van der Waals surface area contributed by atoms with E-state index in [0.29, 0.717) is 23.3 Å². The number of aromatic nitrogens is 1. The zero-order valence-electron chi connectivity index (χ0n) is 19.4. The molecular weight excluding hydrogens is 571 g/mol. The number of rotatable bonds is 5. The van der Waals surface area contributed by atoms with Crippen LogP contribution in [0.25, 0.3) is 11.1 Å². The van der Waals surface area contributed by atoms with Gasteiger partial charge < -0.3 is 9.74 Å². The van der Waals surface area contributed by atoms with E-state index in [9.17, 15) is 30.7 Å². The fraction of sp³-hybridized carbons (Fsp3) is 0.154. The van der Waals surface area contributed by atoms with Gasteiger partial charge in [-0.05, 0) is 47.3 Å². The highest BCUT2D eigenvalue weighted by Gasteiger charge is 2.40. The van der Waals surface area contributed by atoms with Gasteiger partial charge in [0.2, 0.25) is 6.23 Å². The molecule has 2 aromatic carbocycles. The van der Waals surface area contributed by atoms with Gasteiger partial charge in [0.15, 0.2) is 5.84 Å². The average molecular weight is 586 g/mol. The zero-order chi connectivity index (χ0) is 27.9. The summed E-state index contributed by atoms with van der Waals surface area (Å²) in [5.74, 6) is -0.415. The van der Waals surface area contributed by atoms with Gasteiger partial charge in [-0.25, -0.2) is 9.37 Å². The Morgan fingerprint density at radius 3 is 2.23 bits per heavy atom. The third-order valence-electron chi connectivity index (χ3n) is 5.96. The number of thiophene rings is 1. The van der Waals surface area contributed by atoms with Crippen molar-refractivity contribution >= 4 is 28.8 Å². The average Bonchev–Trinajstić information content (AvgIpc) is 3.54. The van der Waals surface area contributed by atoms with Gasteiger partial charge in [0.25, 0.3) is 0 Å². The molecule has 0 spiro atoms. The summed E-state index contributed by atoms with van der Waals surface area (Å²) in [7, 11) is 0. The van der Waals surface area contributed by atoms with E-state index in [4.69, 9.17) is 16.4 Å². The molecule has 0 saturated carbocycles. The third kappa shape index (κ3) is 5.44. The molecule has 0 radical (unpaired) electrons. The van der Waals surface area contributed by atoms with Crippen molar-refractivity contribution in [3.8, 4) is 11.1 Å². The predicted molar refractivity (Wildman–Crippen MR) is 131 cm³/mol. The molecule has 0 fully saturated rings. The van der Waals surface area contributed by atoms with Gasteiger partial charge in [0.05, 0.1) is 17.7 Å². The van der Waals surface area contributed by atoms with Crippen LogP contribution in [-0.4, -0.2) is 15.7 Å². The summed E-state index contributed by atoms with van der Waals surface area (Å²) in [6.45, 7) is -0.229. The molecule has 1 atom stereocenters. The fourth-order valence-corrected chi connectivity index (χ4v) is 5.02. The Balaban J connectivity index is 1.65. The normalized spacial score (nSPS) is 15.8. The van der Waals surface area contributed by atoms with E-state index in [2.05, 4.69) is 10.1 Å². The summed E-state index contributed by atoms with van der Waals surface area (Å²) in [5, 5.41) is 7.37. The molecule has 0 aliphatic carbocycles. The number of benzene rings is 2. The van der Waals surface area contributed by atoms with Crippen molar-refractivity contribution in [3.05, 3.63) is 110 Å². The van der Waals surface area contributed by atoms with Crippen LogP contribution in [0.3, 0.4) is 0 Å². The third-order valence-corrected chi connectivity index (χ3v) is 6.97. The topological polar surface area (TPSA) is 37.7 Å². The lowest BCUT2D eigenvalue weighted by atomic mass is 9.99. The molecule has 3 heterocycles. The number of pyridine rings is 1. The highest BCUT2D eigenvalue weighted by molar-refractivity contribution is 7.08. The quantitative estimate of drug-likeness (QED) is 0.174. The number of oxime groups is 1. The van der Waals surface area contributed by atoms with Crippen LogP contribution in [0.1, 0.15) is 34.0 Å². The molecular formula is C26H15ClF7N3OS. The SMILES string of the molecule is Fc1ccccc1-c1ccnc(Cl)c1CN1C(c2ccsc2)=NOC1c1cc(C(F)(F)F)cc(C(F)(F)F)c1. The summed E-state index contributed by atoms with van der Waals surface area (Å²) < 4.78 is 96.2. The lowest BCUT2D eigenvalue weighted by Crippen LogP contribution is -2.31. The van der Waals surface area contributed by atoms with Gasteiger partial charge in [0, 0.05) is 33.8 Å². The second kappa shape index (κ2) is 10.2. The Morgan fingerprint density at radius 1 is 0.923 bits per heavy atom. The van der Waals surface area contributed by atoms with Gasteiger partial charge in [-0.2, -0.15) is 37.7 Å². The highest BCUT2D eigenvalue weighted by Crippen LogP contribution is 2.41. The summed E-state index contributed by atoms with van der Waals surface area (Å²) >= 11 is 7.71. The molecule has 1 aliphatic heterocycles. The number of hydrogen-bond donors (Lipinski definition) is 0. The zero-order valence-corrected chi connectivity index (χ0v) is 21.0. The summed E-state index contributed by atoms with van der Waals surface area (Å²) in [4.78, 5) is 10.9. The van der Waals surface area contributed by atoms with E-state index in [1.165, 1.54) is 46.7 Å². The number of amidine groups is 1. The number of nitrogens with zero attached hydrogens (tertiary/aromatic N) is 3. The minimum Gasteiger partial charge on any atom is -0.363 e. The van der Waals surface area contributed by atoms with Gasteiger partial charge in [-0.15, -0.1) is 0 Å². The molecule has 202 valence electrons. The maximum Gasteiger partial charge on any atom is 0.416 e. The summed E-state index contributed by atoms with van der Waals surface area (Å²) in [6, 6.07) is 10.3. The molecule has 1 aliphatic rings. The molecule has 0 bridgehead atoms. The minimum atomic E-state index is -5.05. The Bertz CT molecular complexity index is 1510. The number of halogens is 8. The van der Waals surface area contributed by atoms with Gasteiger partial charge in [-0.3, -0.25) is 0 Å². The second-order valence-electron chi connectivity index (χ2n) is 8.46. The fourth-order valence-electron chi connectivity index (χ4n) is 4.17. The lowest BCUT2D eigenvalue weighted by Gasteiger charge is -2.27. The van der Waals surface area contributed by atoms with E-state index >= 15 is 0 Å². The first kappa shape index (κ1) is 26.9. The van der Waals surface area contributed by atoms with Crippen molar-refractivity contribution in [1.29, 1.82) is 0 Å². The summed E-state index contributed by atoms with van der Waals surface area (Å²) in [6.07, 6.45) is -10.2. The Hall–Kier alpha value is -3.64. The van der Waals surface area contributed by atoms with Crippen molar-refractivity contribution in [2.24, 2.45) is 5.16 Å². The van der Waals surface area contributed by atoms with Crippen LogP contribution in [-0.2, 0) is 23.7 Å². The van der Waals surface area contributed by atoms with Crippen LogP contribution in [0.15, 0.2) is 76.7 Å². The molecule has 0 N–H and O–H groups in total. The van der Waals surface area contributed by atoms with E-state index in [1.54, 1.807) is 22.9 Å². The largest absolute Gasteiger partial charge is 0.416 e. The Labute approximate surface area is 225 Å². The van der Waals surface area contributed by atoms with Gasteiger partial charge in [0.1, 0.15) is 11.0 Å². The molecule has 0 saturated heterocycles. The predicted octanol–water partition coefficient (Wildman–Crippen LogP) is 8.53. The van der Waals surface area contributed by atoms with E-state index in [0.717, 1.165) is 0 Å². The molecule has 4 aromatic rings. The van der Waals surface area contributed by atoms with E-state index < -0.39 is 41.1 Å². The first-order valence-electron chi connectivity index (χ1n) is 11.1. The highest BCUT2D eigenvalue weighted by atomic mass is 35.5. The maximum absolute atomic E-state index is 14.7. The van der Waals surface area contributed by atoms with Crippen LogP contribution in [0.2, 0.25) is 5.15 Å². The Morgan fingerprint density at radius 2 is 1.62 bits per heavy atom. The van der Waals surface area contributed by atoms with Crippen molar-refractivity contribution in [3.63, 3.8) is 0 Å². The van der Waals surface area contributed by atoms with E-state index in [1.807, 2.05) is 0 Å². The minimum absolute atomic E-state index is 0.0360. The Kier molecular flexibility index (Phi) is 7.02. The van der Waals surface area contributed by atoms with Crippen LogP contribution < -0.4 is 0 Å². The molecule has 0 amide bonds. The molecule has 13 heteroatoms. The molecule has 5 rings (SSSR count). The van der Waals surface area contributed by atoms with Crippen LogP contribution >= 0.6 is 22.9 Å². The molecule has 2 aromatic heterocycles. The first-order chi connectivity index (χ1) is 18.4. The molecule has 1 unspecified atom stereocenters. The summed E-state index contributed by atoms with van der Waals surface area (Å²) in [5.41, 5.74) is -2.12. The van der Waals surface area contributed by atoms with Gasteiger partial charge >= 0.3 is 12.4 Å². The smallest absolute Gasteiger partial charge is 0.363 e. The molecule has 39 heavy (non-hydrogen) atoms.